The van der Waals surface area contributed by atoms with Gasteiger partial charge in [0.2, 0.25) is 0 Å². The topological polar surface area (TPSA) is 57.5 Å². The number of aliphatic carboxylic acids is 1. The Morgan fingerprint density at radius 3 is 2.18 bits per heavy atom. The van der Waals surface area contributed by atoms with E-state index in [0.29, 0.717) is 23.7 Å². The van der Waals surface area contributed by atoms with Crippen molar-refractivity contribution < 1.29 is 15.0 Å². The van der Waals surface area contributed by atoms with Gasteiger partial charge in [-0.15, -0.1) is 0 Å². The van der Waals surface area contributed by atoms with E-state index in [-0.39, 0.29) is 33.7 Å². The maximum absolute atomic E-state index is 12.8. The Bertz CT molecular complexity index is 861. The second-order valence-corrected chi connectivity index (χ2v) is 14.7. The van der Waals surface area contributed by atoms with Crippen LogP contribution < -0.4 is 0 Å². The molecular weight excluding hydrogens is 408 g/mol. The molecule has 10 atom stereocenters. The van der Waals surface area contributed by atoms with Crippen LogP contribution in [-0.2, 0) is 4.79 Å². The van der Waals surface area contributed by atoms with Crippen molar-refractivity contribution in [3.8, 4) is 0 Å². The number of hydrogen-bond donors (Lipinski definition) is 2. The number of allylic oxidation sites excluding steroid dienone is 1. The zero-order valence-corrected chi connectivity index (χ0v) is 22.0. The van der Waals surface area contributed by atoms with Gasteiger partial charge < -0.3 is 10.2 Å². The number of aliphatic hydroxyl groups excluding tert-OH is 1. The highest BCUT2D eigenvalue weighted by atomic mass is 16.4. The van der Waals surface area contributed by atoms with Gasteiger partial charge in [0, 0.05) is 0 Å². The molecule has 0 spiro atoms. The number of aliphatic hydroxyl groups is 1. The summed E-state index contributed by atoms with van der Waals surface area (Å²) in [7, 11) is 0. The summed E-state index contributed by atoms with van der Waals surface area (Å²) in [5, 5.41) is 21.5. The molecule has 5 aliphatic carbocycles. The van der Waals surface area contributed by atoms with Gasteiger partial charge in [0.1, 0.15) is 0 Å². The third-order valence-corrected chi connectivity index (χ3v) is 13.1. The van der Waals surface area contributed by atoms with Crippen LogP contribution >= 0.6 is 0 Å². The Morgan fingerprint density at radius 2 is 1.55 bits per heavy atom. The molecule has 3 nitrogen and oxygen atoms in total. The van der Waals surface area contributed by atoms with Gasteiger partial charge in [-0.1, -0.05) is 46.8 Å². The summed E-state index contributed by atoms with van der Waals surface area (Å²) in [6.45, 7) is 18.9. The minimum absolute atomic E-state index is 0.165. The molecule has 0 bridgehead atoms. The summed E-state index contributed by atoms with van der Waals surface area (Å²) < 4.78 is 0. The monoisotopic (exact) mass is 456 g/mol. The molecule has 186 valence electrons. The summed E-state index contributed by atoms with van der Waals surface area (Å²) >= 11 is 0. The molecule has 33 heavy (non-hydrogen) atoms. The number of rotatable bonds is 2. The molecule has 5 aliphatic rings. The van der Waals surface area contributed by atoms with E-state index < -0.39 is 11.4 Å². The van der Waals surface area contributed by atoms with Gasteiger partial charge in [0.15, 0.2) is 0 Å². The molecule has 0 aromatic heterocycles. The van der Waals surface area contributed by atoms with E-state index in [1.165, 1.54) is 24.8 Å². The summed E-state index contributed by atoms with van der Waals surface area (Å²) in [6, 6.07) is 0. The van der Waals surface area contributed by atoms with Gasteiger partial charge in [-0.05, 0) is 122 Å². The van der Waals surface area contributed by atoms with Gasteiger partial charge in [0.25, 0.3) is 0 Å². The van der Waals surface area contributed by atoms with Crippen LogP contribution in [0.2, 0.25) is 0 Å². The highest BCUT2D eigenvalue weighted by Gasteiger charge is 2.71. The van der Waals surface area contributed by atoms with E-state index in [1.54, 1.807) is 0 Å². The predicted octanol–water partition coefficient (Wildman–Crippen LogP) is 7.09. The smallest absolute Gasteiger partial charge is 0.309 e. The maximum atomic E-state index is 12.8. The summed E-state index contributed by atoms with van der Waals surface area (Å²) in [4.78, 5) is 12.8. The molecule has 0 aromatic rings. The third kappa shape index (κ3) is 2.87. The van der Waals surface area contributed by atoms with E-state index >= 15 is 0 Å². The molecule has 0 aromatic carbocycles. The van der Waals surface area contributed by atoms with E-state index in [4.69, 9.17) is 0 Å². The number of fused-ring (bicyclic) bond motifs is 7. The molecule has 0 unspecified atom stereocenters. The van der Waals surface area contributed by atoms with E-state index in [1.807, 2.05) is 0 Å². The first kappa shape index (κ1) is 23.9. The van der Waals surface area contributed by atoms with Crippen molar-refractivity contribution in [1.29, 1.82) is 0 Å². The third-order valence-electron chi connectivity index (χ3n) is 13.1. The van der Waals surface area contributed by atoms with Crippen molar-refractivity contribution in [2.75, 3.05) is 0 Å². The fraction of sp³-hybridized carbons (Fsp3) is 0.900. The van der Waals surface area contributed by atoms with Crippen molar-refractivity contribution in [2.24, 2.45) is 56.7 Å². The van der Waals surface area contributed by atoms with Gasteiger partial charge in [0.05, 0.1) is 11.5 Å². The zero-order chi connectivity index (χ0) is 24.2. The Kier molecular flexibility index (Phi) is 5.15. The first-order valence-corrected chi connectivity index (χ1v) is 13.8. The van der Waals surface area contributed by atoms with E-state index in [2.05, 4.69) is 48.1 Å². The molecule has 0 saturated heterocycles. The van der Waals surface area contributed by atoms with Gasteiger partial charge in [-0.3, -0.25) is 4.79 Å². The van der Waals surface area contributed by atoms with Crippen molar-refractivity contribution in [2.45, 2.75) is 112 Å². The lowest BCUT2D eigenvalue weighted by molar-refractivity contribution is -0.246. The summed E-state index contributed by atoms with van der Waals surface area (Å²) in [6.07, 6.45) is 10.3. The first-order valence-electron chi connectivity index (χ1n) is 13.8. The molecule has 5 rings (SSSR count). The Balaban J connectivity index is 1.58. The van der Waals surface area contributed by atoms with Crippen LogP contribution in [-0.4, -0.2) is 22.3 Å². The largest absolute Gasteiger partial charge is 0.481 e. The average molecular weight is 457 g/mol. The molecule has 0 aliphatic heterocycles. The lowest BCUT2D eigenvalue weighted by atomic mass is 9.32. The van der Waals surface area contributed by atoms with Crippen LogP contribution in [0.4, 0.5) is 0 Å². The van der Waals surface area contributed by atoms with Crippen molar-refractivity contribution in [3.63, 3.8) is 0 Å². The first-order chi connectivity index (χ1) is 15.2. The van der Waals surface area contributed by atoms with Crippen molar-refractivity contribution in [1.82, 2.24) is 0 Å². The Morgan fingerprint density at radius 1 is 0.848 bits per heavy atom. The van der Waals surface area contributed by atoms with Crippen LogP contribution in [0.5, 0.6) is 0 Å². The highest BCUT2D eigenvalue weighted by Crippen LogP contribution is 2.77. The fourth-order valence-electron chi connectivity index (χ4n) is 11.8. The SMILES string of the molecule is C=C(C)[C@@H]1CC[C@]2(C(=O)O)CC[C@]3(C)[C@H](CC[C@@H]4[C@@]5(C)C[C@H](O)CC(C)(C)[C@@H]5CC[C@]43C)[C@@H]12. The van der Waals surface area contributed by atoms with Gasteiger partial charge in [-0.2, -0.15) is 0 Å². The highest BCUT2D eigenvalue weighted by molar-refractivity contribution is 5.76. The fourth-order valence-corrected chi connectivity index (χ4v) is 11.8. The van der Waals surface area contributed by atoms with E-state index in [0.717, 1.165) is 44.9 Å². The van der Waals surface area contributed by atoms with Crippen LogP contribution in [0.15, 0.2) is 12.2 Å². The van der Waals surface area contributed by atoms with E-state index in [9.17, 15) is 15.0 Å². The molecule has 0 amide bonds. The minimum atomic E-state index is -0.543. The standard InChI is InChI=1S/C30H48O3/c1-18(2)20-10-13-30(25(32)33)15-14-28(6)21(24(20)30)8-9-23-27(5)17-19(31)16-26(3,4)22(27)11-12-29(23,28)7/h19-24,31H,1,8-17H2,2-7H3,(H,32,33)/t19-,20+,21-,22+,23-,24-,27+,28-,29-,30+/m1/s1. The molecular formula is C30H48O3. The maximum Gasteiger partial charge on any atom is 0.309 e. The molecule has 0 radical (unpaired) electrons. The van der Waals surface area contributed by atoms with Crippen LogP contribution in [0.1, 0.15) is 106 Å². The van der Waals surface area contributed by atoms with Gasteiger partial charge in [-0.25, -0.2) is 0 Å². The Hall–Kier alpha value is -0.830. The number of carbonyl (C=O) groups is 1. The van der Waals surface area contributed by atoms with Crippen molar-refractivity contribution >= 4 is 5.97 Å². The Labute approximate surface area is 201 Å². The lowest BCUT2D eigenvalue weighted by Gasteiger charge is -2.72. The second-order valence-electron chi connectivity index (χ2n) is 14.7. The molecule has 0 heterocycles. The van der Waals surface area contributed by atoms with Crippen molar-refractivity contribution in [3.05, 3.63) is 12.2 Å². The molecule has 5 saturated carbocycles. The number of hydrogen-bond acceptors (Lipinski definition) is 2. The normalized spacial score (nSPS) is 55.0. The van der Waals surface area contributed by atoms with Crippen LogP contribution in [0.25, 0.3) is 0 Å². The number of carboxylic acids is 1. The predicted molar refractivity (Wildman–Crippen MR) is 133 cm³/mol. The average Bonchev–Trinajstić information content (AvgIpc) is 3.08. The number of carboxylic acid groups (broad SMARTS) is 1. The molecule has 3 heteroatoms. The second kappa shape index (κ2) is 7.11. The van der Waals surface area contributed by atoms with Gasteiger partial charge >= 0.3 is 5.97 Å². The zero-order valence-electron chi connectivity index (χ0n) is 22.0. The summed E-state index contributed by atoms with van der Waals surface area (Å²) in [5.74, 6) is 1.80. The lowest BCUT2D eigenvalue weighted by Crippen LogP contribution is -2.66. The van der Waals surface area contributed by atoms with Crippen LogP contribution in [0, 0.1) is 56.7 Å². The molecule has 2 N–H and O–H groups in total. The molecule has 5 fully saturated rings. The minimum Gasteiger partial charge on any atom is -0.481 e. The summed E-state index contributed by atoms with van der Waals surface area (Å²) in [5.41, 5.74) is 1.40. The quantitative estimate of drug-likeness (QED) is 0.436. The van der Waals surface area contributed by atoms with Crippen LogP contribution in [0.3, 0.4) is 0 Å².